The topological polar surface area (TPSA) is 37.9 Å². The van der Waals surface area contributed by atoms with Crippen LogP contribution in [0.25, 0.3) is 0 Å². The van der Waals surface area contributed by atoms with Gasteiger partial charge in [-0.2, -0.15) is 0 Å². The highest BCUT2D eigenvalue weighted by Gasteiger charge is 2.15. The van der Waals surface area contributed by atoms with Gasteiger partial charge < -0.3 is 39.1 Å². The lowest BCUT2D eigenvalue weighted by Crippen LogP contribution is -3.00. The predicted molar refractivity (Wildman–Crippen MR) is 107 cm³/mol. The van der Waals surface area contributed by atoms with Gasteiger partial charge in [0.2, 0.25) is 12.7 Å². The number of aliphatic hydroxyl groups excluding tert-OH is 1. The number of fused-ring (bicyclic) bond motifs is 6. The Hall–Kier alpha value is -2.22. The Balaban J connectivity index is 0.000000779. The standard InChI is InChI=1S/C22H22N4.CH4O.2BrH/c1-2-6-20-14-24-11-12-26(18-24)16-22-8-4-3-7-21(22)15-25-10-9-23(17-25)13-19(20)5-1;1-2;;/h1-12,17-18H,13-16H2;2H,1H3;2*1H/q+2;;;/p-2. The third-order valence-corrected chi connectivity index (χ3v) is 5.14. The molecule has 2 aromatic carbocycles. The van der Waals surface area contributed by atoms with Crippen LogP contribution in [0.15, 0.2) is 86.0 Å². The van der Waals surface area contributed by atoms with Gasteiger partial charge in [0, 0.05) is 29.4 Å². The van der Waals surface area contributed by atoms with Crippen LogP contribution in [0.2, 0.25) is 0 Å². The maximum absolute atomic E-state index is 7.00. The minimum Gasteiger partial charge on any atom is -1.00 e. The highest BCUT2D eigenvalue weighted by molar-refractivity contribution is 5.27. The van der Waals surface area contributed by atoms with Crippen molar-refractivity contribution >= 4 is 0 Å². The maximum atomic E-state index is 7.00. The van der Waals surface area contributed by atoms with E-state index in [2.05, 4.69) is 104 Å². The largest absolute Gasteiger partial charge is 1.00 e. The van der Waals surface area contributed by atoms with Crippen molar-refractivity contribution in [2.75, 3.05) is 7.11 Å². The third-order valence-electron chi connectivity index (χ3n) is 5.14. The maximum Gasteiger partial charge on any atom is 0.244 e. The van der Waals surface area contributed by atoms with E-state index in [1.54, 1.807) is 0 Å². The summed E-state index contributed by atoms with van der Waals surface area (Å²) in [6.45, 7) is 3.58. The van der Waals surface area contributed by atoms with Crippen LogP contribution in [-0.2, 0) is 26.2 Å². The zero-order chi connectivity index (χ0) is 19.3. The van der Waals surface area contributed by atoms with E-state index >= 15 is 0 Å². The van der Waals surface area contributed by atoms with E-state index in [-0.39, 0.29) is 34.0 Å². The molecule has 0 unspecified atom stereocenters. The molecule has 158 valence electrons. The van der Waals surface area contributed by atoms with Gasteiger partial charge in [-0.15, -0.1) is 0 Å². The third kappa shape index (κ3) is 5.47. The molecule has 0 aliphatic carbocycles. The van der Waals surface area contributed by atoms with Crippen molar-refractivity contribution in [2.24, 2.45) is 0 Å². The minimum atomic E-state index is 0. The molecule has 0 amide bonds. The summed E-state index contributed by atoms with van der Waals surface area (Å²) in [5.41, 5.74) is 5.47. The summed E-state index contributed by atoms with van der Waals surface area (Å²) in [6, 6.07) is 17.5. The molecule has 4 bridgehead atoms. The molecule has 1 aliphatic rings. The van der Waals surface area contributed by atoms with Crippen LogP contribution in [0.4, 0.5) is 0 Å². The molecule has 1 aliphatic heterocycles. The molecule has 30 heavy (non-hydrogen) atoms. The first-order chi connectivity index (χ1) is 13.8. The first kappa shape index (κ1) is 24.1. The van der Waals surface area contributed by atoms with Crippen LogP contribution in [0.5, 0.6) is 0 Å². The zero-order valence-electron chi connectivity index (χ0n) is 16.9. The minimum absolute atomic E-state index is 0. The number of rotatable bonds is 0. The molecule has 0 saturated carbocycles. The van der Waals surface area contributed by atoms with Gasteiger partial charge in [-0.1, -0.05) is 48.5 Å². The summed E-state index contributed by atoms with van der Waals surface area (Å²) in [5.74, 6) is 0. The number of hydrogen-bond donors (Lipinski definition) is 1. The second kappa shape index (κ2) is 11.2. The first-order valence-corrected chi connectivity index (χ1v) is 9.51. The molecule has 4 aromatic rings. The van der Waals surface area contributed by atoms with E-state index in [4.69, 9.17) is 5.11 Å². The number of nitrogens with zero attached hydrogens (tertiary/aromatic N) is 4. The normalized spacial score (nSPS) is 11.9. The van der Waals surface area contributed by atoms with Gasteiger partial charge in [-0.05, 0) is 0 Å². The molecule has 2 aromatic heterocycles. The van der Waals surface area contributed by atoms with Gasteiger partial charge in [-0.25, -0.2) is 18.3 Å². The van der Waals surface area contributed by atoms with E-state index in [0.29, 0.717) is 0 Å². The average Bonchev–Trinajstić information content (AvgIpc) is 3.35. The van der Waals surface area contributed by atoms with Gasteiger partial charge in [0.25, 0.3) is 0 Å². The molecule has 5 nitrogen and oxygen atoms in total. The number of hydrogen-bond acceptors (Lipinski definition) is 1. The van der Waals surface area contributed by atoms with Crippen LogP contribution >= 0.6 is 0 Å². The number of imidazole rings is 2. The van der Waals surface area contributed by atoms with E-state index in [9.17, 15) is 0 Å². The summed E-state index contributed by atoms with van der Waals surface area (Å²) < 4.78 is 9.07. The van der Waals surface area contributed by atoms with Gasteiger partial charge in [0.15, 0.2) is 0 Å². The van der Waals surface area contributed by atoms with E-state index in [0.717, 1.165) is 33.3 Å². The van der Waals surface area contributed by atoms with Crippen molar-refractivity contribution in [3.63, 3.8) is 0 Å². The van der Waals surface area contributed by atoms with Crippen molar-refractivity contribution in [3.05, 3.63) is 108 Å². The van der Waals surface area contributed by atoms with Crippen molar-refractivity contribution < 1.29 is 48.2 Å². The van der Waals surface area contributed by atoms with Gasteiger partial charge >= 0.3 is 0 Å². The summed E-state index contributed by atoms with van der Waals surface area (Å²) in [4.78, 5) is 0. The molecular weight excluding hydrogens is 508 g/mol. The Morgan fingerprint density at radius 3 is 1.40 bits per heavy atom. The summed E-state index contributed by atoms with van der Waals surface area (Å²) in [7, 11) is 1.00. The number of aliphatic hydroxyl groups is 1. The zero-order valence-corrected chi connectivity index (χ0v) is 20.1. The summed E-state index contributed by atoms with van der Waals surface area (Å²) in [5, 5.41) is 7.00. The summed E-state index contributed by atoms with van der Waals surface area (Å²) >= 11 is 0. The van der Waals surface area contributed by atoms with E-state index < -0.39 is 0 Å². The number of benzene rings is 2. The van der Waals surface area contributed by atoms with Crippen LogP contribution < -0.4 is 43.1 Å². The SMILES string of the molecule is CO.[Br-].[Br-].c1ccc2c(c1)Cn1cc[n+](c1)Cc1ccccc1Cn1cc[n+](c1)C2. The molecule has 3 heterocycles. The Labute approximate surface area is 198 Å². The van der Waals surface area contributed by atoms with Crippen LogP contribution in [0, 0.1) is 0 Å². The Morgan fingerprint density at radius 2 is 1.00 bits per heavy atom. The monoisotopic (exact) mass is 532 g/mol. The quantitative estimate of drug-likeness (QED) is 0.202. The lowest BCUT2D eigenvalue weighted by molar-refractivity contribution is -0.688. The molecule has 5 rings (SSSR count). The Kier molecular flexibility index (Phi) is 9.02. The number of aromatic nitrogens is 4. The molecule has 0 radical (unpaired) electrons. The molecule has 1 N–H and O–H groups in total. The van der Waals surface area contributed by atoms with Crippen LogP contribution in [0.3, 0.4) is 0 Å². The first-order valence-electron chi connectivity index (χ1n) is 9.51. The Bertz CT molecular complexity index is 910. The van der Waals surface area contributed by atoms with Crippen LogP contribution in [0.1, 0.15) is 22.3 Å². The lowest BCUT2D eigenvalue weighted by Gasteiger charge is -2.08. The highest BCUT2D eigenvalue weighted by atomic mass is 79.9. The smallest absolute Gasteiger partial charge is 0.244 e. The second-order valence-corrected chi connectivity index (χ2v) is 7.05. The van der Waals surface area contributed by atoms with Crippen LogP contribution in [-0.4, -0.2) is 21.4 Å². The Morgan fingerprint density at radius 1 is 0.633 bits per heavy atom. The molecule has 7 heteroatoms. The molecule has 0 fully saturated rings. The van der Waals surface area contributed by atoms with Crippen molar-refractivity contribution in [3.8, 4) is 0 Å². The second-order valence-electron chi connectivity index (χ2n) is 7.05. The molecule has 0 saturated heterocycles. The fourth-order valence-corrected chi connectivity index (χ4v) is 3.77. The molecule has 0 atom stereocenters. The number of halogens is 2. The van der Waals surface area contributed by atoms with Crippen molar-refractivity contribution in [2.45, 2.75) is 26.2 Å². The molecular formula is C23H26Br2N4O. The summed E-state index contributed by atoms with van der Waals surface area (Å²) in [6.07, 6.45) is 13.1. The highest BCUT2D eigenvalue weighted by Crippen LogP contribution is 2.13. The average molecular weight is 534 g/mol. The predicted octanol–water partition coefficient (Wildman–Crippen LogP) is -4.01. The lowest BCUT2D eigenvalue weighted by atomic mass is 10.1. The van der Waals surface area contributed by atoms with Gasteiger partial charge in [-0.3, -0.25) is 0 Å². The van der Waals surface area contributed by atoms with Crippen molar-refractivity contribution in [1.82, 2.24) is 9.13 Å². The van der Waals surface area contributed by atoms with Gasteiger partial charge in [0.1, 0.15) is 51.0 Å². The van der Waals surface area contributed by atoms with E-state index in [1.165, 1.54) is 22.3 Å². The van der Waals surface area contributed by atoms with Gasteiger partial charge in [0.05, 0.1) is 0 Å². The fraction of sp³-hybridized carbons (Fsp3) is 0.217. The van der Waals surface area contributed by atoms with Crippen molar-refractivity contribution in [1.29, 1.82) is 0 Å². The fourth-order valence-electron chi connectivity index (χ4n) is 3.77. The molecule has 0 spiro atoms. The van der Waals surface area contributed by atoms with E-state index in [1.807, 2.05) is 0 Å².